The summed E-state index contributed by atoms with van der Waals surface area (Å²) in [6, 6.07) is 13.9. The molecule has 0 unspecified atom stereocenters. The van der Waals surface area contributed by atoms with Crippen LogP contribution in [0.5, 0.6) is 0 Å². The standard InChI is InChI=1S/C24H25BrN4OS.ClH/c1-24(2,3)18-7-5-17(6-8-18)22(30)29(13-4-12-28-14-11-26-16-28)23-27-20-10-9-19(25)15-21(20)31-23;/h5-11,14-16H,4,12-13H2,1-3H3;1H. The van der Waals surface area contributed by atoms with Crippen molar-refractivity contribution in [1.82, 2.24) is 14.5 Å². The Hall–Kier alpha value is -2.22. The first-order chi connectivity index (χ1) is 14.8. The van der Waals surface area contributed by atoms with Crippen LogP contribution >= 0.6 is 39.7 Å². The molecule has 168 valence electrons. The van der Waals surface area contributed by atoms with Gasteiger partial charge in [0, 0.05) is 35.5 Å². The molecule has 4 aromatic rings. The molecule has 2 aromatic heterocycles. The monoisotopic (exact) mass is 532 g/mol. The van der Waals surface area contributed by atoms with E-state index >= 15 is 0 Å². The quantitative estimate of drug-likeness (QED) is 0.277. The van der Waals surface area contributed by atoms with E-state index in [4.69, 9.17) is 4.98 Å². The molecule has 0 N–H and O–H groups in total. The summed E-state index contributed by atoms with van der Waals surface area (Å²) in [5.74, 6) is -0.0239. The molecule has 8 heteroatoms. The predicted molar refractivity (Wildman–Crippen MR) is 138 cm³/mol. The molecule has 0 saturated carbocycles. The Morgan fingerprint density at radius 3 is 2.56 bits per heavy atom. The fourth-order valence-electron chi connectivity index (χ4n) is 3.38. The molecule has 0 aliphatic carbocycles. The number of aromatic nitrogens is 3. The number of amides is 1. The number of thiazole rings is 1. The fraction of sp³-hybridized carbons (Fsp3) is 0.292. The zero-order valence-corrected chi connectivity index (χ0v) is 21.5. The highest BCUT2D eigenvalue weighted by atomic mass is 79.9. The average Bonchev–Trinajstić information content (AvgIpc) is 3.39. The van der Waals surface area contributed by atoms with Gasteiger partial charge in [0.2, 0.25) is 0 Å². The van der Waals surface area contributed by atoms with E-state index in [0.29, 0.717) is 12.1 Å². The Morgan fingerprint density at radius 1 is 1.16 bits per heavy atom. The number of hydrogen-bond donors (Lipinski definition) is 0. The van der Waals surface area contributed by atoms with Gasteiger partial charge >= 0.3 is 0 Å². The SMILES string of the molecule is CC(C)(C)c1ccc(C(=O)N(CCCn2ccnc2)c2nc3ccc(Br)cc3s2)cc1.Cl. The van der Waals surface area contributed by atoms with Gasteiger partial charge in [0.1, 0.15) is 0 Å². The van der Waals surface area contributed by atoms with Gasteiger partial charge in [-0.15, -0.1) is 12.4 Å². The van der Waals surface area contributed by atoms with Crippen molar-refractivity contribution in [3.63, 3.8) is 0 Å². The van der Waals surface area contributed by atoms with E-state index in [-0.39, 0.29) is 23.7 Å². The maximum Gasteiger partial charge on any atom is 0.260 e. The molecule has 2 heterocycles. The first kappa shape index (κ1) is 24.4. The maximum atomic E-state index is 13.5. The molecule has 4 rings (SSSR count). The Bertz CT molecular complexity index is 1180. The topological polar surface area (TPSA) is 51.0 Å². The van der Waals surface area contributed by atoms with Crippen LogP contribution in [0.2, 0.25) is 0 Å². The average molecular weight is 534 g/mol. The zero-order chi connectivity index (χ0) is 22.0. The second-order valence-corrected chi connectivity index (χ2v) is 10.5. The van der Waals surface area contributed by atoms with Gasteiger partial charge in [0.25, 0.3) is 5.91 Å². The summed E-state index contributed by atoms with van der Waals surface area (Å²) < 4.78 is 4.08. The van der Waals surface area contributed by atoms with Gasteiger partial charge in [0.05, 0.1) is 16.5 Å². The molecule has 5 nitrogen and oxygen atoms in total. The zero-order valence-electron chi connectivity index (χ0n) is 18.3. The van der Waals surface area contributed by atoms with E-state index in [1.54, 1.807) is 23.9 Å². The number of halogens is 2. The second kappa shape index (κ2) is 10.1. The first-order valence-corrected chi connectivity index (χ1v) is 11.9. The lowest BCUT2D eigenvalue weighted by Crippen LogP contribution is -2.32. The molecule has 0 bridgehead atoms. The van der Waals surface area contributed by atoms with Gasteiger partial charge in [-0.1, -0.05) is 60.2 Å². The molecule has 0 saturated heterocycles. The van der Waals surface area contributed by atoms with Crippen LogP contribution in [0.4, 0.5) is 5.13 Å². The summed E-state index contributed by atoms with van der Waals surface area (Å²) in [4.78, 5) is 24.2. The lowest BCUT2D eigenvalue weighted by atomic mass is 9.86. The molecule has 0 radical (unpaired) electrons. The molecular weight excluding hydrogens is 508 g/mol. The highest BCUT2D eigenvalue weighted by molar-refractivity contribution is 9.10. The van der Waals surface area contributed by atoms with Gasteiger partial charge < -0.3 is 4.57 Å². The number of hydrogen-bond acceptors (Lipinski definition) is 4. The first-order valence-electron chi connectivity index (χ1n) is 10.3. The third-order valence-corrected chi connectivity index (χ3v) is 6.70. The molecule has 2 aromatic carbocycles. The Balaban J connectivity index is 0.00000289. The number of nitrogens with zero attached hydrogens (tertiary/aromatic N) is 4. The highest BCUT2D eigenvalue weighted by Crippen LogP contribution is 2.32. The van der Waals surface area contributed by atoms with E-state index < -0.39 is 0 Å². The Kier molecular flexibility index (Phi) is 7.75. The van der Waals surface area contributed by atoms with Crippen molar-refractivity contribution in [1.29, 1.82) is 0 Å². The molecule has 1 amide bonds. The third kappa shape index (κ3) is 5.57. The largest absolute Gasteiger partial charge is 0.337 e. The summed E-state index contributed by atoms with van der Waals surface area (Å²) in [5.41, 5.74) is 2.84. The molecule has 32 heavy (non-hydrogen) atoms. The van der Waals surface area contributed by atoms with E-state index in [1.807, 2.05) is 58.1 Å². The van der Waals surface area contributed by atoms with Gasteiger partial charge in [-0.05, 0) is 47.7 Å². The van der Waals surface area contributed by atoms with Crippen LogP contribution in [0.25, 0.3) is 10.2 Å². The molecule has 0 aliphatic rings. The number of rotatable bonds is 6. The number of benzene rings is 2. The third-order valence-electron chi connectivity index (χ3n) is 5.17. The van der Waals surface area contributed by atoms with Gasteiger partial charge in [-0.25, -0.2) is 9.97 Å². The van der Waals surface area contributed by atoms with Crippen molar-refractivity contribution in [3.8, 4) is 0 Å². The fourth-order valence-corrected chi connectivity index (χ4v) is 4.93. The summed E-state index contributed by atoms with van der Waals surface area (Å²) in [5, 5.41) is 0.726. The van der Waals surface area contributed by atoms with Crippen molar-refractivity contribution < 1.29 is 4.79 Å². The molecule has 0 atom stereocenters. The van der Waals surface area contributed by atoms with Crippen LogP contribution < -0.4 is 4.90 Å². The lowest BCUT2D eigenvalue weighted by Gasteiger charge is -2.22. The highest BCUT2D eigenvalue weighted by Gasteiger charge is 2.22. The smallest absolute Gasteiger partial charge is 0.260 e. The van der Waals surface area contributed by atoms with Crippen LogP contribution in [0, 0.1) is 0 Å². The van der Waals surface area contributed by atoms with E-state index in [1.165, 1.54) is 5.56 Å². The van der Waals surface area contributed by atoms with Crippen molar-refractivity contribution in [2.45, 2.75) is 39.2 Å². The van der Waals surface area contributed by atoms with Crippen molar-refractivity contribution in [2.75, 3.05) is 11.4 Å². The predicted octanol–water partition coefficient (Wildman–Crippen LogP) is 6.71. The van der Waals surface area contributed by atoms with Crippen LogP contribution in [0.1, 0.15) is 43.1 Å². The summed E-state index contributed by atoms with van der Waals surface area (Å²) in [7, 11) is 0. The van der Waals surface area contributed by atoms with E-state index in [2.05, 4.69) is 41.7 Å². The Morgan fingerprint density at radius 2 is 1.91 bits per heavy atom. The number of aryl methyl sites for hydroxylation is 1. The van der Waals surface area contributed by atoms with Crippen molar-refractivity contribution in [2.24, 2.45) is 0 Å². The van der Waals surface area contributed by atoms with Crippen LogP contribution in [-0.4, -0.2) is 27.0 Å². The molecule has 0 fully saturated rings. The van der Waals surface area contributed by atoms with Crippen LogP contribution in [0.3, 0.4) is 0 Å². The summed E-state index contributed by atoms with van der Waals surface area (Å²) in [6.07, 6.45) is 6.31. The van der Waals surface area contributed by atoms with Crippen LogP contribution in [0.15, 0.2) is 65.7 Å². The molecule has 0 aliphatic heterocycles. The number of imidazole rings is 1. The number of carbonyl (C=O) groups is 1. The van der Waals surface area contributed by atoms with Crippen molar-refractivity contribution in [3.05, 3.63) is 76.8 Å². The lowest BCUT2D eigenvalue weighted by molar-refractivity contribution is 0.0986. The van der Waals surface area contributed by atoms with Gasteiger partial charge in [-0.2, -0.15) is 0 Å². The van der Waals surface area contributed by atoms with E-state index in [9.17, 15) is 4.79 Å². The normalized spacial score (nSPS) is 11.4. The van der Waals surface area contributed by atoms with Gasteiger partial charge in [0.15, 0.2) is 5.13 Å². The Labute approximate surface area is 207 Å². The summed E-state index contributed by atoms with van der Waals surface area (Å²) >= 11 is 5.06. The maximum absolute atomic E-state index is 13.5. The van der Waals surface area contributed by atoms with Crippen molar-refractivity contribution >= 4 is 60.9 Å². The minimum atomic E-state index is -0.0239. The molecule has 0 spiro atoms. The van der Waals surface area contributed by atoms with E-state index in [0.717, 1.165) is 32.8 Å². The minimum Gasteiger partial charge on any atom is -0.337 e. The molecular formula is C24H26BrClN4OS. The number of fused-ring (bicyclic) bond motifs is 1. The summed E-state index contributed by atoms with van der Waals surface area (Å²) in [6.45, 7) is 7.89. The van der Waals surface area contributed by atoms with Gasteiger partial charge in [-0.3, -0.25) is 9.69 Å². The van der Waals surface area contributed by atoms with Crippen LogP contribution in [-0.2, 0) is 12.0 Å². The number of carbonyl (C=O) groups excluding carboxylic acids is 1. The second-order valence-electron chi connectivity index (χ2n) is 8.55. The number of anilines is 1. The minimum absolute atomic E-state index is 0.